The largest absolute Gasteiger partial charge is 0.349 e. The number of benzene rings is 1. The number of nitrogens with one attached hydrogen (secondary N) is 1. The third-order valence-electron chi connectivity index (χ3n) is 5.26. The number of H-pyrrole nitrogens is 1. The van der Waals surface area contributed by atoms with E-state index in [1.165, 1.54) is 4.90 Å². The van der Waals surface area contributed by atoms with E-state index in [0.29, 0.717) is 46.2 Å². The molecule has 132 valence electrons. The van der Waals surface area contributed by atoms with Crippen LogP contribution in [0.1, 0.15) is 33.2 Å². The molecule has 4 nitrogen and oxygen atoms in total. The van der Waals surface area contributed by atoms with Crippen molar-refractivity contribution in [1.82, 2.24) is 14.8 Å². The zero-order chi connectivity index (χ0) is 22.8. The van der Waals surface area contributed by atoms with Gasteiger partial charge in [-0.15, -0.1) is 0 Å². The molecule has 1 amide bonds. The van der Waals surface area contributed by atoms with Gasteiger partial charge >= 0.3 is 0 Å². The van der Waals surface area contributed by atoms with E-state index >= 15 is 0 Å². The minimum absolute atomic E-state index is 0.0611. The number of aromatic amines is 1. The number of carbonyl (C=O) groups is 1. The molecule has 1 aromatic heterocycles. The molecule has 2 atom stereocenters. The van der Waals surface area contributed by atoms with Crippen LogP contribution < -0.4 is 0 Å². The van der Waals surface area contributed by atoms with Crippen LogP contribution in [0, 0.1) is 5.92 Å². The highest BCUT2D eigenvalue weighted by Crippen LogP contribution is 2.43. The Hall–Kier alpha value is -1.59. The van der Waals surface area contributed by atoms with E-state index in [4.69, 9.17) is 8.22 Å². The van der Waals surface area contributed by atoms with Gasteiger partial charge in [0.2, 0.25) is 5.91 Å². The van der Waals surface area contributed by atoms with Gasteiger partial charge in [0.1, 0.15) is 0 Å². The Bertz CT molecular complexity index is 1100. The summed E-state index contributed by atoms with van der Waals surface area (Å²) < 4.78 is 50.2. The maximum atomic E-state index is 13.1. The molecule has 5 heteroatoms. The van der Waals surface area contributed by atoms with Crippen molar-refractivity contribution in [2.75, 3.05) is 26.6 Å². The van der Waals surface area contributed by atoms with Gasteiger partial charge in [0.25, 0.3) is 0 Å². The van der Waals surface area contributed by atoms with Crippen LogP contribution in [0.15, 0.2) is 28.8 Å². The van der Waals surface area contributed by atoms with Crippen molar-refractivity contribution in [3.8, 4) is 0 Å². The number of rotatable bonds is 3. The molecule has 2 heterocycles. The van der Waals surface area contributed by atoms with Gasteiger partial charge in [-0.2, -0.15) is 0 Å². The molecule has 0 unspecified atom stereocenters. The zero-order valence-corrected chi connectivity index (χ0v) is 15.8. The van der Waals surface area contributed by atoms with E-state index in [-0.39, 0.29) is 30.6 Å². The fourth-order valence-corrected chi connectivity index (χ4v) is 4.53. The summed E-state index contributed by atoms with van der Waals surface area (Å²) in [5.74, 6) is -0.799. The van der Waals surface area contributed by atoms with Crippen molar-refractivity contribution in [3.05, 3.63) is 39.9 Å². The first-order chi connectivity index (χ1) is 14.5. The van der Waals surface area contributed by atoms with Gasteiger partial charge < -0.3 is 9.88 Å². The van der Waals surface area contributed by atoms with Crippen LogP contribution in [0.4, 0.5) is 0 Å². The van der Waals surface area contributed by atoms with Gasteiger partial charge in [0.15, 0.2) is 0 Å². The molecule has 0 fully saturated rings. The van der Waals surface area contributed by atoms with Crippen molar-refractivity contribution in [3.63, 3.8) is 0 Å². The number of nitrogens with zero attached hydrogens (tertiary/aromatic N) is 2. The highest BCUT2D eigenvalue weighted by molar-refractivity contribution is 9.10. The van der Waals surface area contributed by atoms with Crippen LogP contribution in [0.25, 0.3) is 16.5 Å². The lowest BCUT2D eigenvalue weighted by atomic mass is 9.79. The second-order valence-corrected chi connectivity index (χ2v) is 7.32. The van der Waals surface area contributed by atoms with Gasteiger partial charge in [0, 0.05) is 40.7 Å². The van der Waals surface area contributed by atoms with Crippen molar-refractivity contribution in [2.24, 2.45) is 5.92 Å². The van der Waals surface area contributed by atoms with Crippen LogP contribution in [-0.4, -0.2) is 53.3 Å². The highest BCUT2D eigenvalue weighted by atomic mass is 79.9. The Morgan fingerprint density at radius 3 is 3.00 bits per heavy atom. The third kappa shape index (κ3) is 2.56. The first kappa shape index (κ1) is 11.2. The SMILES string of the molecule is [2H]c1c([2H])c2c3c(c(Br)[nH]c3c1[2H])C[C@@H]1C2=C[C@@H](C(=O)N(CC)CC)CN1C([2H])([2H])[2H]. The topological polar surface area (TPSA) is 39.3 Å². The number of amides is 1. The first-order valence-electron chi connectivity index (χ1n) is 11.6. The molecule has 1 aliphatic carbocycles. The van der Waals surface area contributed by atoms with Crippen LogP contribution in [0.2, 0.25) is 0 Å². The number of hydrogen-bond acceptors (Lipinski definition) is 2. The Morgan fingerprint density at radius 2 is 2.28 bits per heavy atom. The maximum Gasteiger partial charge on any atom is 0.230 e. The molecule has 2 aromatic rings. The molecule has 0 saturated heterocycles. The summed E-state index contributed by atoms with van der Waals surface area (Å²) in [7, 11) is 0. The molecular formula is C20H24BrN3O. The van der Waals surface area contributed by atoms with Crippen LogP contribution in [0.5, 0.6) is 0 Å². The van der Waals surface area contributed by atoms with Gasteiger partial charge in [-0.3, -0.25) is 9.69 Å². The Morgan fingerprint density at radius 1 is 1.48 bits per heavy atom. The summed E-state index contributed by atoms with van der Waals surface area (Å²) in [5.41, 5.74) is 2.30. The highest BCUT2D eigenvalue weighted by Gasteiger charge is 2.37. The molecule has 25 heavy (non-hydrogen) atoms. The fourth-order valence-electron chi connectivity index (χ4n) is 3.98. The quantitative estimate of drug-likeness (QED) is 0.842. The summed E-state index contributed by atoms with van der Waals surface area (Å²) in [5, 5.41) is 0.668. The van der Waals surface area contributed by atoms with Crippen molar-refractivity contribution in [2.45, 2.75) is 26.3 Å². The fraction of sp³-hybridized carbons (Fsp3) is 0.450. The van der Waals surface area contributed by atoms with E-state index in [2.05, 4.69) is 20.9 Å². The molecule has 0 saturated carbocycles. The Balaban J connectivity index is 1.99. The number of likely N-dealkylation sites (N-methyl/N-ethyl adjacent to an activating group) is 1. The van der Waals surface area contributed by atoms with Crippen LogP contribution >= 0.6 is 15.9 Å². The first-order valence-corrected chi connectivity index (χ1v) is 9.37. The molecule has 1 N–H and O–H groups in total. The summed E-state index contributed by atoms with van der Waals surface area (Å²) in [6, 6.07) is -0.935. The average Bonchev–Trinajstić information content (AvgIpc) is 3.05. The number of hydrogen-bond donors (Lipinski definition) is 1. The van der Waals surface area contributed by atoms with Gasteiger partial charge in [-0.1, -0.05) is 18.2 Å². The molecule has 1 aliphatic heterocycles. The maximum absolute atomic E-state index is 13.1. The molecule has 4 rings (SSSR count). The third-order valence-corrected chi connectivity index (χ3v) is 5.94. The summed E-state index contributed by atoms with van der Waals surface area (Å²) in [6.07, 6.45) is 2.17. The number of fused-ring (bicyclic) bond motifs is 2. The minimum atomic E-state index is -2.42. The van der Waals surface area contributed by atoms with Gasteiger partial charge in [-0.05, 0) is 65.9 Å². The van der Waals surface area contributed by atoms with Crippen LogP contribution in [-0.2, 0) is 11.2 Å². The predicted molar refractivity (Wildman–Crippen MR) is 106 cm³/mol. The van der Waals surface area contributed by atoms with Crippen LogP contribution in [0.3, 0.4) is 0 Å². The zero-order valence-electron chi connectivity index (χ0n) is 20.2. The second-order valence-electron chi connectivity index (χ2n) is 6.53. The average molecular weight is 408 g/mol. The van der Waals surface area contributed by atoms with Gasteiger partial charge in [-0.25, -0.2) is 0 Å². The van der Waals surface area contributed by atoms with Crippen molar-refractivity contribution >= 4 is 38.3 Å². The molecule has 1 aromatic carbocycles. The Kier molecular flexibility index (Phi) is 2.82. The standard InChI is InChI=1S/C20H24BrN3O/c1-4-24(5-2)20(25)12-9-14-13-7-6-8-16-18(13)15(19(21)22-16)10-17(14)23(3)11-12/h6-9,12,17,22H,4-5,10-11H2,1-3H3/t12-,17-/m1/s1/i3D3,6D,7D,8D. The summed E-state index contributed by atoms with van der Waals surface area (Å²) in [4.78, 5) is 19.3. The van der Waals surface area contributed by atoms with E-state index in [9.17, 15) is 4.79 Å². The molecular weight excluding hydrogens is 378 g/mol. The van der Waals surface area contributed by atoms with Crippen molar-refractivity contribution in [1.29, 1.82) is 0 Å². The van der Waals surface area contributed by atoms with Crippen molar-refractivity contribution < 1.29 is 13.0 Å². The van der Waals surface area contributed by atoms with E-state index in [1.807, 2.05) is 13.8 Å². The molecule has 2 aliphatic rings. The van der Waals surface area contributed by atoms with Gasteiger partial charge in [0.05, 0.1) is 14.6 Å². The lowest BCUT2D eigenvalue weighted by Crippen LogP contribution is -2.47. The number of halogens is 1. The summed E-state index contributed by atoms with van der Waals surface area (Å²) in [6.45, 7) is 2.47. The number of carbonyl (C=O) groups excluding carboxylic acids is 1. The lowest BCUT2D eigenvalue weighted by Gasteiger charge is -2.40. The smallest absolute Gasteiger partial charge is 0.230 e. The monoisotopic (exact) mass is 407 g/mol. The van der Waals surface area contributed by atoms with E-state index in [0.717, 1.165) is 5.56 Å². The minimum Gasteiger partial charge on any atom is -0.349 e. The normalized spacial score (nSPS) is 26.6. The molecule has 0 spiro atoms. The van der Waals surface area contributed by atoms with E-state index in [1.54, 1.807) is 11.0 Å². The van der Waals surface area contributed by atoms with E-state index < -0.39 is 18.9 Å². The molecule has 0 radical (unpaired) electrons. The molecule has 0 bridgehead atoms. The number of aromatic nitrogens is 1. The Labute approximate surface area is 165 Å². The predicted octanol–water partition coefficient (Wildman–Crippen LogP) is 3.67. The summed E-state index contributed by atoms with van der Waals surface area (Å²) >= 11 is 3.48. The second kappa shape index (κ2) is 6.29. The lowest BCUT2D eigenvalue weighted by molar-refractivity contribution is -0.134.